The van der Waals surface area contributed by atoms with E-state index >= 15 is 0 Å². The predicted octanol–water partition coefficient (Wildman–Crippen LogP) is 4.26. The third-order valence-corrected chi connectivity index (χ3v) is 8.47. The lowest BCUT2D eigenvalue weighted by Crippen LogP contribution is -2.43. The fraction of sp³-hybridized carbons (Fsp3) is 0.500. The Morgan fingerprint density at radius 3 is 2.31 bits per heavy atom. The zero-order chi connectivity index (χ0) is 19.3. The maximum absolute atomic E-state index is 13.1. The van der Waals surface area contributed by atoms with E-state index in [-0.39, 0.29) is 0 Å². The number of hydrogen-bond donors (Lipinski definition) is 0. The van der Waals surface area contributed by atoms with Gasteiger partial charge in [-0.3, -0.25) is 0 Å². The van der Waals surface area contributed by atoms with Gasteiger partial charge in [0.15, 0.2) is 0 Å². The highest BCUT2D eigenvalue weighted by Crippen LogP contribution is 2.39. The Kier molecular flexibility index (Phi) is 4.74. The fourth-order valence-electron chi connectivity index (χ4n) is 3.60. The van der Waals surface area contributed by atoms with Crippen LogP contribution in [0.5, 0.6) is 0 Å². The standard InChI is InChI=1S/C20H29NO3SSi/c1-15-7-9-17(10-8-15)25(22,23)21-12-11-18-16(14-21)13-20(2,3)24-19(18)26(4,5)6/h7-10,13H,11-12,14H2,1-6H3. The molecule has 0 atom stereocenters. The van der Waals surface area contributed by atoms with Crippen LogP contribution in [0.1, 0.15) is 25.8 Å². The third-order valence-electron chi connectivity index (χ3n) is 4.85. The van der Waals surface area contributed by atoms with Crippen LogP contribution < -0.4 is 0 Å². The Hall–Kier alpha value is -1.37. The van der Waals surface area contributed by atoms with Crippen molar-refractivity contribution in [2.24, 2.45) is 0 Å². The van der Waals surface area contributed by atoms with Crippen molar-refractivity contribution >= 4 is 18.1 Å². The number of benzene rings is 1. The van der Waals surface area contributed by atoms with Gasteiger partial charge in [-0.05, 0) is 56.5 Å². The molecule has 26 heavy (non-hydrogen) atoms. The van der Waals surface area contributed by atoms with Crippen LogP contribution in [0.25, 0.3) is 0 Å². The van der Waals surface area contributed by atoms with Crippen molar-refractivity contribution in [1.82, 2.24) is 4.31 Å². The molecule has 2 aliphatic heterocycles. The van der Waals surface area contributed by atoms with E-state index < -0.39 is 23.7 Å². The van der Waals surface area contributed by atoms with Crippen LogP contribution in [0.4, 0.5) is 0 Å². The summed E-state index contributed by atoms with van der Waals surface area (Å²) < 4.78 is 34.1. The minimum absolute atomic E-state index is 0.368. The Balaban J connectivity index is 1.97. The van der Waals surface area contributed by atoms with Crippen LogP contribution in [-0.2, 0) is 14.8 Å². The Labute approximate surface area is 158 Å². The van der Waals surface area contributed by atoms with Gasteiger partial charge in [-0.1, -0.05) is 37.3 Å². The van der Waals surface area contributed by atoms with E-state index in [0.29, 0.717) is 24.4 Å². The molecule has 0 N–H and O–H groups in total. The lowest BCUT2D eigenvalue weighted by atomic mass is 9.93. The van der Waals surface area contributed by atoms with Crippen molar-refractivity contribution in [2.45, 2.75) is 57.3 Å². The van der Waals surface area contributed by atoms with Crippen LogP contribution in [-0.4, -0.2) is 39.5 Å². The first kappa shape index (κ1) is 19.4. The van der Waals surface area contributed by atoms with Crippen LogP contribution in [0.3, 0.4) is 0 Å². The van der Waals surface area contributed by atoms with E-state index in [9.17, 15) is 8.42 Å². The van der Waals surface area contributed by atoms with Crippen molar-refractivity contribution < 1.29 is 13.2 Å². The lowest BCUT2D eigenvalue weighted by Gasteiger charge is -2.41. The summed E-state index contributed by atoms with van der Waals surface area (Å²) in [6.07, 6.45) is 2.81. The van der Waals surface area contributed by atoms with E-state index in [4.69, 9.17) is 4.74 Å². The molecule has 2 aliphatic rings. The average molecular weight is 392 g/mol. The summed E-state index contributed by atoms with van der Waals surface area (Å²) in [5, 5.41) is 1.13. The van der Waals surface area contributed by atoms with Crippen LogP contribution >= 0.6 is 0 Å². The molecule has 0 bridgehead atoms. The quantitative estimate of drug-likeness (QED) is 0.724. The van der Waals surface area contributed by atoms with E-state index in [2.05, 4.69) is 25.7 Å². The molecular weight excluding hydrogens is 362 g/mol. The van der Waals surface area contributed by atoms with Crippen molar-refractivity contribution in [1.29, 1.82) is 0 Å². The predicted molar refractivity (Wildman–Crippen MR) is 108 cm³/mol. The van der Waals surface area contributed by atoms with Gasteiger partial charge >= 0.3 is 0 Å². The zero-order valence-corrected chi connectivity index (χ0v) is 18.4. The summed E-state index contributed by atoms with van der Waals surface area (Å²) in [6, 6.07) is 7.10. The minimum Gasteiger partial charge on any atom is -0.493 e. The molecule has 2 heterocycles. The molecule has 6 heteroatoms. The largest absolute Gasteiger partial charge is 0.493 e. The molecule has 142 valence electrons. The number of rotatable bonds is 3. The van der Waals surface area contributed by atoms with Gasteiger partial charge in [0.2, 0.25) is 10.0 Å². The van der Waals surface area contributed by atoms with Gasteiger partial charge in [-0.2, -0.15) is 4.31 Å². The molecular formula is C20H29NO3SSi. The van der Waals surface area contributed by atoms with Crippen LogP contribution in [0, 0.1) is 6.92 Å². The second kappa shape index (κ2) is 6.36. The number of ether oxygens (including phenoxy) is 1. The molecule has 4 nitrogen and oxygen atoms in total. The van der Waals surface area contributed by atoms with Crippen molar-refractivity contribution in [2.75, 3.05) is 13.1 Å². The average Bonchev–Trinajstić information content (AvgIpc) is 2.52. The van der Waals surface area contributed by atoms with Crippen LogP contribution in [0.2, 0.25) is 19.6 Å². The first-order chi connectivity index (χ1) is 11.9. The molecule has 1 aromatic rings. The van der Waals surface area contributed by atoms with Gasteiger partial charge in [-0.25, -0.2) is 8.42 Å². The topological polar surface area (TPSA) is 46.6 Å². The van der Waals surface area contributed by atoms with E-state index in [1.54, 1.807) is 16.4 Å². The lowest BCUT2D eigenvalue weighted by molar-refractivity contribution is 0.0825. The summed E-state index contributed by atoms with van der Waals surface area (Å²) in [5.74, 6) is 0. The molecule has 3 rings (SSSR count). The molecule has 0 radical (unpaired) electrons. The van der Waals surface area contributed by atoms with E-state index in [1.807, 2.05) is 32.9 Å². The van der Waals surface area contributed by atoms with Gasteiger partial charge < -0.3 is 4.74 Å². The minimum atomic E-state index is -3.48. The number of nitrogens with zero attached hydrogens (tertiary/aromatic N) is 1. The number of aryl methyl sites for hydroxylation is 1. The zero-order valence-electron chi connectivity index (χ0n) is 16.6. The molecule has 1 fully saturated rings. The monoisotopic (exact) mass is 391 g/mol. The Bertz CT molecular complexity index is 875. The molecule has 0 unspecified atom stereocenters. The van der Waals surface area contributed by atoms with Gasteiger partial charge in [0.25, 0.3) is 0 Å². The molecule has 1 saturated heterocycles. The van der Waals surface area contributed by atoms with Crippen molar-refractivity contribution in [3.63, 3.8) is 0 Å². The van der Waals surface area contributed by atoms with Gasteiger partial charge in [0.1, 0.15) is 13.7 Å². The number of fused-ring (bicyclic) bond motifs is 1. The van der Waals surface area contributed by atoms with Gasteiger partial charge in [-0.15, -0.1) is 0 Å². The normalized spacial score (nSPS) is 21.1. The Morgan fingerprint density at radius 1 is 1.12 bits per heavy atom. The van der Waals surface area contributed by atoms with E-state index in [0.717, 1.165) is 16.5 Å². The highest BCUT2D eigenvalue weighted by molar-refractivity contribution is 7.89. The highest BCUT2D eigenvalue weighted by atomic mass is 32.2. The first-order valence-electron chi connectivity index (χ1n) is 9.12. The fourth-order valence-corrected chi connectivity index (χ4v) is 6.78. The Morgan fingerprint density at radius 2 is 1.73 bits per heavy atom. The molecule has 0 aliphatic carbocycles. The van der Waals surface area contributed by atoms with E-state index in [1.165, 1.54) is 5.57 Å². The number of hydrogen-bond acceptors (Lipinski definition) is 3. The molecule has 0 spiro atoms. The van der Waals surface area contributed by atoms with Crippen LogP contribution in [0.15, 0.2) is 51.8 Å². The molecule has 0 aromatic heterocycles. The summed E-state index contributed by atoms with van der Waals surface area (Å²) >= 11 is 0. The molecule has 0 saturated carbocycles. The number of sulfonamides is 1. The third kappa shape index (κ3) is 3.68. The van der Waals surface area contributed by atoms with Crippen molar-refractivity contribution in [3.05, 3.63) is 52.4 Å². The summed E-state index contributed by atoms with van der Waals surface area (Å²) in [6.45, 7) is 13.8. The smallest absolute Gasteiger partial charge is 0.243 e. The summed E-state index contributed by atoms with van der Waals surface area (Å²) in [7, 11) is -5.12. The molecule has 1 aromatic carbocycles. The number of piperidine rings is 1. The second-order valence-electron chi connectivity index (χ2n) is 8.83. The first-order valence-corrected chi connectivity index (χ1v) is 14.1. The molecule has 0 amide bonds. The SMILES string of the molecule is Cc1ccc(S(=O)(=O)N2CCC3=C([Si](C)(C)C)OC(C)(C)C=C3C2)cc1. The second-order valence-corrected chi connectivity index (χ2v) is 15.7. The van der Waals surface area contributed by atoms with Gasteiger partial charge in [0, 0.05) is 13.1 Å². The summed E-state index contributed by atoms with van der Waals surface area (Å²) in [4.78, 5) is 0.368. The van der Waals surface area contributed by atoms with Crippen molar-refractivity contribution in [3.8, 4) is 0 Å². The van der Waals surface area contributed by atoms with Gasteiger partial charge in [0.05, 0.1) is 10.3 Å². The highest BCUT2D eigenvalue weighted by Gasteiger charge is 2.39. The summed E-state index contributed by atoms with van der Waals surface area (Å²) in [5.41, 5.74) is 3.01. The maximum Gasteiger partial charge on any atom is 0.243 e. The maximum atomic E-state index is 13.1.